The van der Waals surface area contributed by atoms with E-state index in [9.17, 15) is 4.79 Å². The molecule has 0 atom stereocenters. The third-order valence-electron chi connectivity index (χ3n) is 7.77. The highest BCUT2D eigenvalue weighted by molar-refractivity contribution is 7.19. The van der Waals surface area contributed by atoms with Gasteiger partial charge in [0, 0.05) is 30.9 Å². The lowest BCUT2D eigenvalue weighted by Gasteiger charge is -2.44. The smallest absolute Gasteiger partial charge is 0.415 e. The molecule has 0 saturated carbocycles. The van der Waals surface area contributed by atoms with E-state index in [1.165, 1.54) is 33.5 Å². The molecule has 1 aliphatic heterocycles. The van der Waals surface area contributed by atoms with Crippen molar-refractivity contribution in [3.8, 4) is 0 Å². The molecule has 2 heterocycles. The van der Waals surface area contributed by atoms with Crippen molar-refractivity contribution in [2.75, 3.05) is 38.3 Å². The van der Waals surface area contributed by atoms with Gasteiger partial charge >= 0.3 is 6.09 Å². The van der Waals surface area contributed by atoms with Crippen molar-refractivity contribution in [3.05, 3.63) is 146 Å². The van der Waals surface area contributed by atoms with Crippen molar-refractivity contribution in [2.45, 2.75) is 0 Å². The first kappa shape index (κ1) is 27.9. The second kappa shape index (κ2) is 13.6. The number of rotatable bonds is 5. The molecule has 0 bridgehead atoms. The zero-order valence-corrected chi connectivity index (χ0v) is 23.4. The summed E-state index contributed by atoms with van der Waals surface area (Å²) in [6.45, 7) is 3.29. The zero-order chi connectivity index (χ0) is 28.3. The Hall–Kier alpha value is -4.68. The Bertz CT molecular complexity index is 1330. The Morgan fingerprint density at radius 3 is 1.34 bits per heavy atom. The van der Waals surface area contributed by atoms with Crippen LogP contribution in [0.15, 0.2) is 146 Å². The molecule has 6 rings (SSSR count). The molecular formula is C35H35BN2O3. The van der Waals surface area contributed by atoms with Gasteiger partial charge in [-0.15, -0.1) is 0 Å². The highest BCUT2D eigenvalue weighted by atomic mass is 16.5. The topological polar surface area (TPSA) is 42.7 Å². The molecule has 41 heavy (non-hydrogen) atoms. The fourth-order valence-corrected chi connectivity index (χ4v) is 5.80. The first-order valence-electron chi connectivity index (χ1n) is 14.0. The summed E-state index contributed by atoms with van der Waals surface area (Å²) in [5.74, 6) is 0. The number of nitrogens with zero attached hydrogens (tertiary/aromatic N) is 2. The van der Waals surface area contributed by atoms with E-state index in [1.807, 2.05) is 12.1 Å². The summed E-state index contributed by atoms with van der Waals surface area (Å²) in [5.41, 5.74) is 6.46. The van der Waals surface area contributed by atoms with Crippen molar-refractivity contribution < 1.29 is 18.8 Å². The van der Waals surface area contributed by atoms with Gasteiger partial charge in [0.05, 0.1) is 20.3 Å². The average Bonchev–Trinajstić information content (AvgIpc) is 3.08. The quantitative estimate of drug-likeness (QED) is 0.252. The van der Waals surface area contributed by atoms with E-state index in [0.717, 1.165) is 32.0 Å². The minimum absolute atomic E-state index is 0.381. The molecule has 1 fully saturated rings. The number of anilines is 1. The van der Waals surface area contributed by atoms with Gasteiger partial charge in [-0.2, -0.15) is 26.6 Å². The molecular weight excluding hydrogens is 507 g/mol. The van der Waals surface area contributed by atoms with Crippen LogP contribution in [-0.4, -0.2) is 45.7 Å². The molecule has 0 aliphatic carbocycles. The van der Waals surface area contributed by atoms with Crippen LogP contribution in [0.3, 0.4) is 0 Å². The predicted molar refractivity (Wildman–Crippen MR) is 168 cm³/mol. The van der Waals surface area contributed by atoms with E-state index >= 15 is 0 Å². The van der Waals surface area contributed by atoms with Crippen LogP contribution in [0.4, 0.5) is 10.5 Å². The van der Waals surface area contributed by atoms with Crippen LogP contribution in [0, 0.1) is 0 Å². The Labute approximate surface area is 242 Å². The van der Waals surface area contributed by atoms with Gasteiger partial charge in [0.2, 0.25) is 0 Å². The monoisotopic (exact) mass is 542 g/mol. The highest BCUT2D eigenvalue weighted by Gasteiger charge is 2.31. The van der Waals surface area contributed by atoms with Gasteiger partial charge in [-0.25, -0.2) is 0 Å². The lowest BCUT2D eigenvalue weighted by Crippen LogP contribution is -2.74. The first-order chi connectivity index (χ1) is 20.2. The number of methoxy groups -OCH3 is 1. The summed E-state index contributed by atoms with van der Waals surface area (Å²) in [6, 6.07) is 47.3. The number of carbonyl (C=O) groups excluding carboxylic acids is 1. The number of benzene rings is 4. The zero-order valence-electron chi connectivity index (χ0n) is 23.4. The van der Waals surface area contributed by atoms with Crippen molar-refractivity contribution in [2.24, 2.45) is 0 Å². The highest BCUT2D eigenvalue weighted by Crippen LogP contribution is 2.13. The number of aromatic nitrogens is 1. The largest absolute Gasteiger partial charge is 0.601 e. The third-order valence-corrected chi connectivity index (χ3v) is 7.77. The van der Waals surface area contributed by atoms with Crippen LogP contribution in [0.2, 0.25) is 0 Å². The predicted octanol–water partition coefficient (Wildman–Crippen LogP) is 3.49. The molecule has 0 unspecified atom stereocenters. The third kappa shape index (κ3) is 6.23. The van der Waals surface area contributed by atoms with Crippen LogP contribution < -0.4 is 31.3 Å². The minimum atomic E-state index is -1.22. The fraction of sp³-hybridized carbons (Fsp3) is 0.143. The fourth-order valence-electron chi connectivity index (χ4n) is 5.80. The number of ether oxygens (including phenoxy) is 2. The van der Waals surface area contributed by atoms with Gasteiger partial charge in [0.1, 0.15) is 6.15 Å². The Morgan fingerprint density at radius 1 is 0.634 bits per heavy atom. The SMILES string of the molecule is COC(=O)[n+]1ccc(N2CCOCC2)cc1.c1ccc([B-](c2ccccc2)(c2ccccc2)c2ccccc2)cc1. The molecule has 6 heteroatoms. The van der Waals surface area contributed by atoms with Crippen LogP contribution in [0.5, 0.6) is 0 Å². The molecule has 5 nitrogen and oxygen atoms in total. The Morgan fingerprint density at radius 2 is 1.00 bits per heavy atom. The minimum Gasteiger partial charge on any atom is -0.415 e. The van der Waals surface area contributed by atoms with Crippen LogP contribution in [0.25, 0.3) is 0 Å². The van der Waals surface area contributed by atoms with E-state index in [1.54, 1.807) is 12.4 Å². The maximum absolute atomic E-state index is 11.2. The Kier molecular flexibility index (Phi) is 9.24. The first-order valence-corrected chi connectivity index (χ1v) is 14.0. The molecule has 1 aromatic heterocycles. The van der Waals surface area contributed by atoms with Crippen molar-refractivity contribution in [3.63, 3.8) is 0 Å². The van der Waals surface area contributed by atoms with Crippen LogP contribution in [0.1, 0.15) is 0 Å². The normalized spacial score (nSPS) is 13.0. The standard InChI is InChI=1S/C24H20B.C11H15N2O3/c1-5-13-21(14-6-1)25(22-15-7-2-8-16-22,23-17-9-3-10-18-23)24-19-11-4-12-20-24;1-15-11(14)13-4-2-10(3-5-13)12-6-8-16-9-7-12/h1-20H;2-5H,6-9H2,1H3/q-1;+1. The number of hydrogen-bond donors (Lipinski definition) is 0. The van der Waals surface area contributed by atoms with Gasteiger partial charge in [-0.3, -0.25) is 0 Å². The lowest BCUT2D eigenvalue weighted by atomic mass is 9.13. The van der Waals surface area contributed by atoms with Crippen molar-refractivity contribution in [1.82, 2.24) is 0 Å². The van der Waals surface area contributed by atoms with Crippen molar-refractivity contribution >= 4 is 39.8 Å². The molecule has 0 spiro atoms. The molecule has 1 aliphatic rings. The van der Waals surface area contributed by atoms with E-state index in [2.05, 4.69) is 131 Å². The summed E-state index contributed by atoms with van der Waals surface area (Å²) in [6.07, 6.45) is 1.81. The number of hydrogen-bond acceptors (Lipinski definition) is 4. The average molecular weight is 542 g/mol. The molecule has 0 amide bonds. The molecule has 206 valence electrons. The second-order valence-corrected chi connectivity index (χ2v) is 10.0. The summed E-state index contributed by atoms with van der Waals surface area (Å²) >= 11 is 0. The van der Waals surface area contributed by atoms with Gasteiger partial charge < -0.3 is 14.4 Å². The molecule has 4 aromatic carbocycles. The summed E-state index contributed by atoms with van der Waals surface area (Å²) in [7, 11) is 1.37. The van der Waals surface area contributed by atoms with Crippen LogP contribution >= 0.6 is 0 Å². The van der Waals surface area contributed by atoms with E-state index in [-0.39, 0.29) is 6.09 Å². The maximum atomic E-state index is 11.2. The molecule has 0 radical (unpaired) electrons. The number of pyridine rings is 1. The molecule has 1 saturated heterocycles. The van der Waals surface area contributed by atoms with E-state index < -0.39 is 6.15 Å². The molecule has 5 aromatic rings. The molecule has 0 N–H and O–H groups in total. The summed E-state index contributed by atoms with van der Waals surface area (Å²) in [4.78, 5) is 13.4. The van der Waals surface area contributed by atoms with Crippen molar-refractivity contribution in [1.29, 1.82) is 0 Å². The summed E-state index contributed by atoms with van der Waals surface area (Å²) < 4.78 is 11.3. The second-order valence-electron chi connectivity index (χ2n) is 10.0. The van der Waals surface area contributed by atoms with Crippen LogP contribution in [-0.2, 0) is 9.47 Å². The van der Waals surface area contributed by atoms with E-state index in [4.69, 9.17) is 4.74 Å². The lowest BCUT2D eigenvalue weighted by molar-refractivity contribution is -0.585. The van der Waals surface area contributed by atoms with E-state index in [0.29, 0.717) is 0 Å². The van der Waals surface area contributed by atoms with Gasteiger partial charge in [0.25, 0.3) is 0 Å². The maximum Gasteiger partial charge on any atom is 0.601 e. The van der Waals surface area contributed by atoms with Gasteiger partial charge in [-0.1, -0.05) is 126 Å². The Balaban J connectivity index is 0.000000182. The number of morpholine rings is 1. The summed E-state index contributed by atoms with van der Waals surface area (Å²) in [5, 5.41) is 0. The van der Waals surface area contributed by atoms with Gasteiger partial charge in [0.15, 0.2) is 12.4 Å². The number of carbonyl (C=O) groups is 1. The van der Waals surface area contributed by atoms with Gasteiger partial charge in [-0.05, 0) is 0 Å².